The van der Waals surface area contributed by atoms with Gasteiger partial charge in [0.25, 0.3) is 5.91 Å². The number of rotatable bonds is 7. The van der Waals surface area contributed by atoms with Gasteiger partial charge < -0.3 is 4.74 Å². The van der Waals surface area contributed by atoms with Crippen LogP contribution in [-0.4, -0.2) is 69.4 Å². The van der Waals surface area contributed by atoms with Gasteiger partial charge in [0.15, 0.2) is 15.0 Å². The Kier molecular flexibility index (Phi) is 8.94. The molecule has 1 amide bonds. The number of thiazole rings is 1. The summed E-state index contributed by atoms with van der Waals surface area (Å²) in [6, 6.07) is 10.1. The van der Waals surface area contributed by atoms with E-state index in [1.165, 1.54) is 17.4 Å². The highest BCUT2D eigenvalue weighted by Crippen LogP contribution is 2.34. The van der Waals surface area contributed by atoms with E-state index in [4.69, 9.17) is 21.3 Å². The maximum atomic E-state index is 13.8. The van der Waals surface area contributed by atoms with Crippen LogP contribution in [0.1, 0.15) is 22.8 Å². The van der Waals surface area contributed by atoms with Crippen molar-refractivity contribution in [2.24, 2.45) is 0 Å². The van der Waals surface area contributed by atoms with E-state index in [2.05, 4.69) is 4.90 Å². The highest BCUT2D eigenvalue weighted by Gasteiger charge is 2.28. The van der Waals surface area contributed by atoms with E-state index in [-0.39, 0.29) is 34.5 Å². The first-order chi connectivity index (χ1) is 15.8. The minimum atomic E-state index is -3.57. The van der Waals surface area contributed by atoms with Gasteiger partial charge in [-0.1, -0.05) is 42.0 Å². The number of benzene rings is 2. The zero-order chi connectivity index (χ0) is 23.6. The molecule has 3 aromatic rings. The number of nitrogens with zero attached hydrogens (tertiary/aromatic N) is 3. The van der Waals surface area contributed by atoms with Gasteiger partial charge in [0, 0.05) is 31.2 Å². The summed E-state index contributed by atoms with van der Waals surface area (Å²) in [5.41, 5.74) is 1.88. The Bertz CT molecular complexity index is 1270. The molecule has 11 heteroatoms. The Morgan fingerprint density at radius 3 is 2.65 bits per heavy atom. The number of hydrogen-bond donors (Lipinski definition) is 0. The Balaban J connectivity index is 0.00000324. The first kappa shape index (κ1) is 26.8. The van der Waals surface area contributed by atoms with Gasteiger partial charge in [-0.3, -0.25) is 14.6 Å². The molecule has 1 aromatic heterocycles. The van der Waals surface area contributed by atoms with Crippen LogP contribution < -0.4 is 4.90 Å². The van der Waals surface area contributed by atoms with Gasteiger partial charge in [0.2, 0.25) is 0 Å². The minimum absolute atomic E-state index is 0. The molecule has 0 aliphatic carbocycles. The monoisotopic (exact) mass is 543 g/mol. The largest absolute Gasteiger partial charge is 0.379 e. The second-order valence-corrected chi connectivity index (χ2v) is 11.6. The van der Waals surface area contributed by atoms with E-state index >= 15 is 0 Å². The van der Waals surface area contributed by atoms with Gasteiger partial charge >= 0.3 is 0 Å². The van der Waals surface area contributed by atoms with Crippen molar-refractivity contribution in [1.29, 1.82) is 0 Å². The van der Waals surface area contributed by atoms with E-state index < -0.39 is 9.84 Å². The van der Waals surface area contributed by atoms with E-state index in [0.29, 0.717) is 36.5 Å². The highest BCUT2D eigenvalue weighted by molar-refractivity contribution is 7.91. The number of ether oxygens (including phenoxy) is 1. The molecule has 1 saturated heterocycles. The summed E-state index contributed by atoms with van der Waals surface area (Å²) >= 11 is 7.61. The fourth-order valence-electron chi connectivity index (χ4n) is 3.82. The standard InChI is InChI=1S/C23H26ClN3O4S2.ClH/c1-3-33(29,30)20-7-5-4-6-18(20)22(28)27(9-8-26-10-12-31-13-11-26)23-25-21-16(2)14-17(24)15-19(21)32-23;/h4-7,14-15H,3,8-13H2,1-2H3;1H. The average molecular weight is 545 g/mol. The second-order valence-electron chi connectivity index (χ2n) is 7.88. The van der Waals surface area contributed by atoms with E-state index in [1.807, 2.05) is 19.1 Å². The molecule has 1 fully saturated rings. The number of aryl methyl sites for hydroxylation is 1. The number of fused-ring (bicyclic) bond motifs is 1. The van der Waals surface area contributed by atoms with Gasteiger partial charge in [0.05, 0.1) is 39.6 Å². The van der Waals surface area contributed by atoms with E-state index in [9.17, 15) is 13.2 Å². The maximum Gasteiger partial charge on any atom is 0.261 e. The molecule has 184 valence electrons. The molecule has 0 bridgehead atoms. The summed E-state index contributed by atoms with van der Waals surface area (Å²) in [4.78, 5) is 22.4. The fourth-order valence-corrected chi connectivity index (χ4v) is 6.36. The summed E-state index contributed by atoms with van der Waals surface area (Å²) in [7, 11) is -3.57. The van der Waals surface area contributed by atoms with Crippen molar-refractivity contribution in [1.82, 2.24) is 9.88 Å². The van der Waals surface area contributed by atoms with Crippen LogP contribution in [0.5, 0.6) is 0 Å². The lowest BCUT2D eigenvalue weighted by Gasteiger charge is -2.29. The Hall–Kier alpha value is -1.75. The van der Waals surface area contributed by atoms with Crippen molar-refractivity contribution in [2.45, 2.75) is 18.7 Å². The summed E-state index contributed by atoms with van der Waals surface area (Å²) in [5, 5.41) is 1.14. The summed E-state index contributed by atoms with van der Waals surface area (Å²) in [6.07, 6.45) is 0. The molecule has 2 heterocycles. The lowest BCUT2D eigenvalue weighted by atomic mass is 10.2. The average Bonchev–Trinajstić information content (AvgIpc) is 3.24. The zero-order valence-corrected chi connectivity index (χ0v) is 22.2. The van der Waals surface area contributed by atoms with Gasteiger partial charge in [-0.15, -0.1) is 12.4 Å². The zero-order valence-electron chi connectivity index (χ0n) is 19.0. The fraction of sp³-hybridized carbons (Fsp3) is 0.391. The van der Waals surface area contributed by atoms with Gasteiger partial charge in [-0.2, -0.15) is 0 Å². The third-order valence-corrected chi connectivity index (χ3v) is 8.72. The summed E-state index contributed by atoms with van der Waals surface area (Å²) < 4.78 is 31.7. The van der Waals surface area contributed by atoms with Gasteiger partial charge in [-0.05, 0) is 36.8 Å². The lowest BCUT2D eigenvalue weighted by Crippen LogP contribution is -2.43. The van der Waals surface area contributed by atoms with Crippen molar-refractivity contribution in [3.05, 3.63) is 52.5 Å². The van der Waals surface area contributed by atoms with Crippen LogP contribution in [0, 0.1) is 6.92 Å². The highest BCUT2D eigenvalue weighted by atomic mass is 35.5. The van der Waals surface area contributed by atoms with Crippen LogP contribution >= 0.6 is 35.3 Å². The van der Waals surface area contributed by atoms with E-state index in [1.54, 1.807) is 30.0 Å². The van der Waals surface area contributed by atoms with Crippen LogP contribution in [0.15, 0.2) is 41.3 Å². The topological polar surface area (TPSA) is 79.8 Å². The predicted molar refractivity (Wildman–Crippen MR) is 140 cm³/mol. The molecule has 7 nitrogen and oxygen atoms in total. The third-order valence-electron chi connectivity index (χ3n) is 5.69. The third kappa shape index (κ3) is 5.72. The lowest BCUT2D eigenvalue weighted by molar-refractivity contribution is 0.0391. The normalized spacial score (nSPS) is 14.7. The number of hydrogen-bond acceptors (Lipinski definition) is 7. The summed E-state index contributed by atoms with van der Waals surface area (Å²) in [6.45, 7) is 7.41. The predicted octanol–water partition coefficient (Wildman–Crippen LogP) is 4.45. The molecule has 1 aliphatic rings. The van der Waals surface area contributed by atoms with Crippen LogP contribution in [0.3, 0.4) is 0 Å². The molecule has 1 aliphatic heterocycles. The molecule has 0 saturated carbocycles. The van der Waals surface area contributed by atoms with Crippen molar-refractivity contribution >= 4 is 66.4 Å². The smallest absolute Gasteiger partial charge is 0.261 e. The molecule has 0 atom stereocenters. The number of halogens is 2. The SMILES string of the molecule is CCS(=O)(=O)c1ccccc1C(=O)N(CCN1CCOCC1)c1nc2c(C)cc(Cl)cc2s1.Cl. The van der Waals surface area contributed by atoms with Crippen LogP contribution in [0.4, 0.5) is 5.13 Å². The van der Waals surface area contributed by atoms with E-state index in [0.717, 1.165) is 28.9 Å². The van der Waals surface area contributed by atoms with Crippen molar-refractivity contribution in [3.63, 3.8) is 0 Å². The first-order valence-electron chi connectivity index (χ1n) is 10.8. The Morgan fingerprint density at radius 2 is 1.94 bits per heavy atom. The van der Waals surface area contributed by atoms with Crippen LogP contribution in [0.2, 0.25) is 5.02 Å². The maximum absolute atomic E-state index is 13.8. The second kappa shape index (κ2) is 11.3. The quantitative estimate of drug-likeness (QED) is 0.437. The van der Waals surface area contributed by atoms with Crippen LogP contribution in [0.25, 0.3) is 10.2 Å². The summed E-state index contributed by atoms with van der Waals surface area (Å²) in [5.74, 6) is -0.456. The number of amides is 1. The van der Waals surface area contributed by atoms with Crippen molar-refractivity contribution in [2.75, 3.05) is 50.0 Å². The Morgan fingerprint density at radius 1 is 1.24 bits per heavy atom. The van der Waals surface area contributed by atoms with Crippen molar-refractivity contribution < 1.29 is 17.9 Å². The first-order valence-corrected chi connectivity index (χ1v) is 13.7. The number of aromatic nitrogens is 1. The number of anilines is 1. The molecule has 0 N–H and O–H groups in total. The minimum Gasteiger partial charge on any atom is -0.379 e. The Labute approximate surface area is 215 Å². The van der Waals surface area contributed by atoms with Crippen LogP contribution in [-0.2, 0) is 14.6 Å². The van der Waals surface area contributed by atoms with Gasteiger partial charge in [-0.25, -0.2) is 13.4 Å². The molecule has 4 rings (SSSR count). The molecule has 2 aromatic carbocycles. The molecule has 0 unspecified atom stereocenters. The molecule has 0 radical (unpaired) electrons. The number of carbonyl (C=O) groups is 1. The number of morpholine rings is 1. The molecule has 0 spiro atoms. The van der Waals surface area contributed by atoms with Crippen molar-refractivity contribution in [3.8, 4) is 0 Å². The van der Waals surface area contributed by atoms with Gasteiger partial charge in [0.1, 0.15) is 0 Å². The number of sulfone groups is 1. The molecular weight excluding hydrogens is 517 g/mol. The number of carbonyl (C=O) groups excluding carboxylic acids is 1. The molecule has 34 heavy (non-hydrogen) atoms. The molecular formula is C23H27Cl2N3O4S2.